The van der Waals surface area contributed by atoms with Crippen LogP contribution in [0.1, 0.15) is 13.8 Å². The molecule has 5 heteroatoms. The molecule has 0 bridgehead atoms. The third-order valence-electron chi connectivity index (χ3n) is 3.72. The summed E-state index contributed by atoms with van der Waals surface area (Å²) in [7, 11) is 5.90. The van der Waals surface area contributed by atoms with Crippen LogP contribution in [0.15, 0.2) is 4.99 Å². The highest BCUT2D eigenvalue weighted by Gasteiger charge is 2.24. The molecule has 1 atom stereocenters. The van der Waals surface area contributed by atoms with E-state index >= 15 is 0 Å². The van der Waals surface area contributed by atoms with Crippen LogP contribution < -0.4 is 10.6 Å². The standard InChI is InChI=1S/C13H29N5/c1-11(2)12(10-16-13(14-3)15-4)18-8-6-17(5)7-9-18/h11-12H,6-10H2,1-5H3,(H2,14,15,16)/t12-/m1/s1. The summed E-state index contributed by atoms with van der Waals surface area (Å²) in [4.78, 5) is 9.16. The van der Waals surface area contributed by atoms with Crippen LogP contribution >= 0.6 is 0 Å². The minimum atomic E-state index is 0.573. The molecule has 2 N–H and O–H groups in total. The lowest BCUT2D eigenvalue weighted by atomic mass is 10.0. The lowest BCUT2D eigenvalue weighted by molar-refractivity contribution is 0.0900. The van der Waals surface area contributed by atoms with Crippen LogP contribution in [-0.2, 0) is 0 Å². The van der Waals surface area contributed by atoms with Crippen molar-refractivity contribution in [2.75, 3.05) is 53.9 Å². The second kappa shape index (κ2) is 7.59. The minimum absolute atomic E-state index is 0.573. The summed E-state index contributed by atoms with van der Waals surface area (Å²) in [5.74, 6) is 1.52. The van der Waals surface area contributed by atoms with E-state index in [9.17, 15) is 0 Å². The number of piperazine rings is 1. The summed E-state index contributed by atoms with van der Waals surface area (Å²) in [5.41, 5.74) is 0. The average molecular weight is 255 g/mol. The Kier molecular flexibility index (Phi) is 6.43. The first-order chi connectivity index (χ1) is 8.58. The number of nitrogens with zero attached hydrogens (tertiary/aromatic N) is 3. The molecule has 0 saturated carbocycles. The van der Waals surface area contributed by atoms with E-state index < -0.39 is 0 Å². The van der Waals surface area contributed by atoms with Gasteiger partial charge in [0.2, 0.25) is 0 Å². The topological polar surface area (TPSA) is 42.9 Å². The van der Waals surface area contributed by atoms with Gasteiger partial charge in [-0.1, -0.05) is 13.8 Å². The zero-order valence-electron chi connectivity index (χ0n) is 12.5. The zero-order valence-corrected chi connectivity index (χ0v) is 12.5. The van der Waals surface area contributed by atoms with E-state index in [4.69, 9.17) is 0 Å². The van der Waals surface area contributed by atoms with Crippen LogP contribution in [0.25, 0.3) is 0 Å². The van der Waals surface area contributed by atoms with E-state index in [0.717, 1.165) is 12.5 Å². The number of rotatable bonds is 4. The number of hydrogen-bond acceptors (Lipinski definition) is 3. The minimum Gasteiger partial charge on any atom is -0.359 e. The molecule has 1 rings (SSSR count). The molecule has 0 radical (unpaired) electrons. The molecule has 106 valence electrons. The normalized spacial score (nSPS) is 21.1. The molecule has 1 aliphatic heterocycles. The molecule has 18 heavy (non-hydrogen) atoms. The number of guanidine groups is 1. The van der Waals surface area contributed by atoms with Gasteiger partial charge >= 0.3 is 0 Å². The Bertz CT molecular complexity index is 256. The highest BCUT2D eigenvalue weighted by Crippen LogP contribution is 2.12. The predicted octanol–water partition coefficient (Wildman–Crippen LogP) is 0.0532. The maximum absolute atomic E-state index is 4.16. The van der Waals surface area contributed by atoms with E-state index in [2.05, 4.69) is 46.3 Å². The van der Waals surface area contributed by atoms with Gasteiger partial charge in [-0.05, 0) is 13.0 Å². The lowest BCUT2D eigenvalue weighted by Gasteiger charge is -2.40. The molecule has 0 aromatic heterocycles. The summed E-state index contributed by atoms with van der Waals surface area (Å²) < 4.78 is 0. The van der Waals surface area contributed by atoms with E-state index in [1.165, 1.54) is 26.2 Å². The molecular formula is C13H29N5. The molecule has 0 unspecified atom stereocenters. The molecule has 1 fully saturated rings. The second-order valence-corrected chi connectivity index (χ2v) is 5.35. The summed E-state index contributed by atoms with van der Waals surface area (Å²) in [6.07, 6.45) is 0. The van der Waals surface area contributed by atoms with E-state index in [0.29, 0.717) is 12.0 Å². The smallest absolute Gasteiger partial charge is 0.190 e. The Hall–Kier alpha value is -0.810. The molecule has 0 spiro atoms. The Labute approximate surface area is 112 Å². The Morgan fingerprint density at radius 1 is 1.22 bits per heavy atom. The molecule has 0 aromatic rings. The quantitative estimate of drug-likeness (QED) is 0.550. The van der Waals surface area contributed by atoms with Crippen molar-refractivity contribution in [1.82, 2.24) is 20.4 Å². The van der Waals surface area contributed by atoms with Gasteiger partial charge in [-0.15, -0.1) is 0 Å². The first kappa shape index (κ1) is 15.2. The van der Waals surface area contributed by atoms with Crippen molar-refractivity contribution in [3.63, 3.8) is 0 Å². The van der Waals surface area contributed by atoms with E-state index in [1.807, 2.05) is 7.05 Å². The van der Waals surface area contributed by atoms with Crippen molar-refractivity contribution in [3.8, 4) is 0 Å². The summed E-state index contributed by atoms with van der Waals surface area (Å²) in [6, 6.07) is 0.573. The number of aliphatic imine (C=N–C) groups is 1. The summed E-state index contributed by atoms with van der Waals surface area (Å²) >= 11 is 0. The fraction of sp³-hybridized carbons (Fsp3) is 0.923. The Balaban J connectivity index is 2.49. The largest absolute Gasteiger partial charge is 0.359 e. The molecule has 1 saturated heterocycles. The van der Waals surface area contributed by atoms with E-state index in [-0.39, 0.29) is 0 Å². The average Bonchev–Trinajstić information content (AvgIpc) is 2.36. The highest BCUT2D eigenvalue weighted by molar-refractivity contribution is 5.79. The molecule has 5 nitrogen and oxygen atoms in total. The van der Waals surface area contributed by atoms with Gasteiger partial charge in [0, 0.05) is 52.9 Å². The third kappa shape index (κ3) is 4.46. The van der Waals surface area contributed by atoms with Crippen LogP contribution in [0.4, 0.5) is 0 Å². The fourth-order valence-corrected chi connectivity index (χ4v) is 2.42. The van der Waals surface area contributed by atoms with Gasteiger partial charge in [-0.2, -0.15) is 0 Å². The van der Waals surface area contributed by atoms with Gasteiger partial charge in [0.05, 0.1) is 0 Å². The van der Waals surface area contributed by atoms with Gasteiger partial charge in [-0.25, -0.2) is 0 Å². The maximum Gasteiger partial charge on any atom is 0.190 e. The highest BCUT2D eigenvalue weighted by atomic mass is 15.3. The van der Waals surface area contributed by atoms with Crippen LogP contribution in [0.5, 0.6) is 0 Å². The van der Waals surface area contributed by atoms with Gasteiger partial charge in [0.25, 0.3) is 0 Å². The van der Waals surface area contributed by atoms with Gasteiger partial charge in [0.15, 0.2) is 5.96 Å². The van der Waals surface area contributed by atoms with Gasteiger partial charge < -0.3 is 15.5 Å². The zero-order chi connectivity index (χ0) is 13.5. The summed E-state index contributed by atoms with van der Waals surface area (Å²) in [6.45, 7) is 10.2. The van der Waals surface area contributed by atoms with Crippen molar-refractivity contribution in [2.24, 2.45) is 10.9 Å². The van der Waals surface area contributed by atoms with Crippen molar-refractivity contribution in [3.05, 3.63) is 0 Å². The van der Waals surface area contributed by atoms with Crippen molar-refractivity contribution >= 4 is 5.96 Å². The second-order valence-electron chi connectivity index (χ2n) is 5.35. The molecule has 1 heterocycles. The van der Waals surface area contributed by atoms with Crippen molar-refractivity contribution < 1.29 is 0 Å². The van der Waals surface area contributed by atoms with Crippen molar-refractivity contribution in [2.45, 2.75) is 19.9 Å². The fourth-order valence-electron chi connectivity index (χ4n) is 2.42. The van der Waals surface area contributed by atoms with Crippen LogP contribution in [-0.4, -0.2) is 75.7 Å². The van der Waals surface area contributed by atoms with Crippen LogP contribution in [0.2, 0.25) is 0 Å². The van der Waals surface area contributed by atoms with Crippen LogP contribution in [0, 0.1) is 5.92 Å². The number of likely N-dealkylation sites (N-methyl/N-ethyl adjacent to an activating group) is 1. The first-order valence-electron chi connectivity index (χ1n) is 6.89. The number of nitrogens with one attached hydrogen (secondary N) is 2. The molecule has 0 aliphatic carbocycles. The molecule has 0 amide bonds. The predicted molar refractivity (Wildman–Crippen MR) is 78.1 cm³/mol. The maximum atomic E-state index is 4.16. The Morgan fingerprint density at radius 3 is 2.28 bits per heavy atom. The lowest BCUT2D eigenvalue weighted by Crippen LogP contribution is -2.54. The SMILES string of the molecule is CN=C(NC)NC[C@H](C(C)C)N1CCN(C)CC1. The third-order valence-corrected chi connectivity index (χ3v) is 3.72. The Morgan fingerprint density at radius 2 is 1.83 bits per heavy atom. The molecule has 0 aromatic carbocycles. The van der Waals surface area contributed by atoms with Crippen LogP contribution in [0.3, 0.4) is 0 Å². The van der Waals surface area contributed by atoms with Crippen molar-refractivity contribution in [1.29, 1.82) is 0 Å². The van der Waals surface area contributed by atoms with Gasteiger partial charge in [0.1, 0.15) is 0 Å². The molecule has 1 aliphatic rings. The monoisotopic (exact) mass is 255 g/mol. The molecular weight excluding hydrogens is 226 g/mol. The number of hydrogen-bond donors (Lipinski definition) is 2. The van der Waals surface area contributed by atoms with E-state index in [1.54, 1.807) is 7.05 Å². The van der Waals surface area contributed by atoms with Gasteiger partial charge in [-0.3, -0.25) is 9.89 Å². The summed E-state index contributed by atoms with van der Waals surface area (Å²) in [5, 5.41) is 6.46. The first-order valence-corrected chi connectivity index (χ1v) is 6.89.